The van der Waals surface area contributed by atoms with Crippen LogP contribution in [0.5, 0.6) is 0 Å². The molecule has 2 fully saturated rings. The number of nitrogens with two attached hydrogens (primary N) is 1. The minimum atomic E-state index is -0.976. The highest BCUT2D eigenvalue weighted by Crippen LogP contribution is 2.33. The lowest BCUT2D eigenvalue weighted by Crippen LogP contribution is -2.61. The van der Waals surface area contributed by atoms with Crippen LogP contribution in [-0.2, 0) is 9.59 Å². The summed E-state index contributed by atoms with van der Waals surface area (Å²) in [7, 11) is 2.06. The summed E-state index contributed by atoms with van der Waals surface area (Å²) in [6.45, 7) is 2.52. The maximum atomic E-state index is 12.3. The van der Waals surface area contributed by atoms with Gasteiger partial charge in [0.05, 0.1) is 0 Å². The molecular formula is C16H24N6O3. The van der Waals surface area contributed by atoms with E-state index in [0.717, 1.165) is 19.5 Å². The van der Waals surface area contributed by atoms with Crippen LogP contribution in [0.1, 0.15) is 19.3 Å². The van der Waals surface area contributed by atoms with Crippen LogP contribution in [0.4, 0.5) is 11.8 Å². The molecule has 0 unspecified atom stereocenters. The van der Waals surface area contributed by atoms with Crippen molar-refractivity contribution in [3.63, 3.8) is 0 Å². The Kier molecular flexibility index (Phi) is 4.76. The van der Waals surface area contributed by atoms with Crippen molar-refractivity contribution in [3.05, 3.63) is 12.3 Å². The lowest BCUT2D eigenvalue weighted by molar-refractivity contribution is -0.144. The van der Waals surface area contributed by atoms with E-state index in [1.54, 1.807) is 12.3 Å². The van der Waals surface area contributed by atoms with Crippen molar-refractivity contribution >= 4 is 23.6 Å². The molecule has 3 rings (SSSR count). The number of likely N-dealkylation sites (N-methyl/N-ethyl adjacent to an activating group) is 1. The van der Waals surface area contributed by atoms with Crippen LogP contribution < -0.4 is 10.6 Å². The van der Waals surface area contributed by atoms with E-state index in [1.807, 2.05) is 0 Å². The first kappa shape index (κ1) is 17.4. The van der Waals surface area contributed by atoms with E-state index < -0.39 is 5.97 Å². The molecule has 1 aromatic rings. The molecule has 2 aliphatic heterocycles. The van der Waals surface area contributed by atoms with Crippen LogP contribution >= 0.6 is 0 Å². The fourth-order valence-corrected chi connectivity index (χ4v) is 3.71. The Morgan fingerprint density at radius 1 is 1.36 bits per heavy atom. The number of carboxylic acid groups (broad SMARTS) is 1. The van der Waals surface area contributed by atoms with Gasteiger partial charge in [0.25, 0.3) is 0 Å². The average molecular weight is 348 g/mol. The summed E-state index contributed by atoms with van der Waals surface area (Å²) in [6.07, 6.45) is 3.41. The number of piperazine rings is 1. The first-order valence-corrected chi connectivity index (χ1v) is 8.44. The maximum Gasteiger partial charge on any atom is 0.323 e. The third-order valence-corrected chi connectivity index (χ3v) is 5.28. The predicted octanol–water partition coefficient (Wildman–Crippen LogP) is -0.353. The monoisotopic (exact) mass is 348 g/mol. The summed E-state index contributed by atoms with van der Waals surface area (Å²) in [5.41, 5.74) is 5.58. The lowest BCUT2D eigenvalue weighted by Gasteiger charge is -2.49. The zero-order valence-electron chi connectivity index (χ0n) is 14.4. The topological polar surface area (TPSA) is 116 Å². The number of carbonyl (C=O) groups excluding carboxylic acids is 1. The molecule has 1 aromatic heterocycles. The quantitative estimate of drug-likeness (QED) is 0.761. The Morgan fingerprint density at radius 3 is 2.88 bits per heavy atom. The normalized spacial score (nSPS) is 25.2. The third kappa shape index (κ3) is 3.65. The fourth-order valence-electron chi connectivity index (χ4n) is 3.71. The van der Waals surface area contributed by atoms with E-state index in [1.165, 1.54) is 4.90 Å². The molecule has 0 aromatic carbocycles. The minimum Gasteiger partial charge on any atom is -0.480 e. The van der Waals surface area contributed by atoms with Crippen LogP contribution in [0.3, 0.4) is 0 Å². The molecule has 2 aliphatic rings. The van der Waals surface area contributed by atoms with Crippen LogP contribution in [0, 0.1) is 0 Å². The average Bonchev–Trinajstić information content (AvgIpc) is 2.72. The number of hydrogen-bond donors (Lipinski definition) is 2. The smallest absolute Gasteiger partial charge is 0.323 e. The van der Waals surface area contributed by atoms with Gasteiger partial charge in [-0.3, -0.25) is 14.5 Å². The Bertz CT molecular complexity index is 669. The van der Waals surface area contributed by atoms with Gasteiger partial charge in [0, 0.05) is 44.3 Å². The van der Waals surface area contributed by atoms with Gasteiger partial charge in [0.2, 0.25) is 11.9 Å². The number of carboxylic acids is 1. The highest BCUT2D eigenvalue weighted by atomic mass is 16.4. The van der Waals surface area contributed by atoms with Gasteiger partial charge in [-0.1, -0.05) is 0 Å². The van der Waals surface area contributed by atoms with Crippen molar-refractivity contribution < 1.29 is 14.7 Å². The highest BCUT2D eigenvalue weighted by molar-refractivity contribution is 5.81. The van der Waals surface area contributed by atoms with Crippen molar-refractivity contribution in [2.24, 2.45) is 0 Å². The van der Waals surface area contributed by atoms with Gasteiger partial charge in [0.1, 0.15) is 12.4 Å². The molecule has 0 radical (unpaired) electrons. The second kappa shape index (κ2) is 6.83. The minimum absolute atomic E-state index is 0.0926. The number of nitrogen functional groups attached to an aromatic ring is 1. The Morgan fingerprint density at radius 2 is 2.16 bits per heavy atom. The number of nitrogens with zero attached hydrogens (tertiary/aromatic N) is 5. The highest BCUT2D eigenvalue weighted by Gasteiger charge is 2.43. The first-order chi connectivity index (χ1) is 11.9. The fraction of sp³-hybridized carbons (Fsp3) is 0.625. The molecule has 1 spiro atoms. The number of hydrogen-bond acceptors (Lipinski definition) is 7. The zero-order chi connectivity index (χ0) is 18.0. The number of amides is 1. The number of aromatic nitrogens is 2. The number of aliphatic carboxylic acids is 1. The summed E-state index contributed by atoms with van der Waals surface area (Å²) in [4.78, 5) is 37.7. The van der Waals surface area contributed by atoms with Crippen molar-refractivity contribution in [2.45, 2.75) is 24.8 Å². The summed E-state index contributed by atoms with van der Waals surface area (Å²) in [5, 5.41) is 9.00. The molecule has 0 saturated carbocycles. The third-order valence-electron chi connectivity index (χ3n) is 5.28. The second-order valence-electron chi connectivity index (χ2n) is 6.81. The molecule has 3 N–H and O–H groups in total. The van der Waals surface area contributed by atoms with Crippen molar-refractivity contribution in [1.29, 1.82) is 0 Å². The van der Waals surface area contributed by atoms with E-state index in [0.29, 0.717) is 37.7 Å². The summed E-state index contributed by atoms with van der Waals surface area (Å²) < 4.78 is 0. The molecule has 9 heteroatoms. The lowest BCUT2D eigenvalue weighted by atomic mass is 9.86. The van der Waals surface area contributed by atoms with Crippen molar-refractivity contribution in [2.75, 3.05) is 50.4 Å². The molecule has 1 amide bonds. The van der Waals surface area contributed by atoms with Gasteiger partial charge in [-0.2, -0.15) is 4.98 Å². The molecule has 25 heavy (non-hydrogen) atoms. The van der Waals surface area contributed by atoms with Crippen LogP contribution in [-0.4, -0.2) is 82.1 Å². The number of rotatable bonds is 3. The Hall–Kier alpha value is -2.42. The molecule has 1 atom stereocenters. The van der Waals surface area contributed by atoms with Gasteiger partial charge in [-0.15, -0.1) is 0 Å². The SMILES string of the molecule is CN1CCN(c2nccc(N)n2)C[C@@]12CCC(=O)N(CC(=O)O)CC2. The first-order valence-electron chi connectivity index (χ1n) is 8.44. The van der Waals surface area contributed by atoms with Crippen LogP contribution in [0.15, 0.2) is 12.3 Å². The van der Waals surface area contributed by atoms with E-state index >= 15 is 0 Å². The summed E-state index contributed by atoms with van der Waals surface area (Å²) in [5.74, 6) is -0.0341. The molecular weight excluding hydrogens is 324 g/mol. The van der Waals surface area contributed by atoms with Gasteiger partial charge in [-0.25, -0.2) is 4.98 Å². The number of carbonyl (C=O) groups is 2. The molecule has 0 bridgehead atoms. The van der Waals surface area contributed by atoms with Crippen molar-refractivity contribution in [3.8, 4) is 0 Å². The van der Waals surface area contributed by atoms with Gasteiger partial charge in [-0.05, 0) is 26.0 Å². The Balaban J connectivity index is 1.79. The molecule has 3 heterocycles. The predicted molar refractivity (Wildman–Crippen MR) is 92.1 cm³/mol. The van der Waals surface area contributed by atoms with Gasteiger partial charge in [0.15, 0.2) is 0 Å². The van der Waals surface area contributed by atoms with E-state index in [4.69, 9.17) is 10.8 Å². The van der Waals surface area contributed by atoms with Crippen LogP contribution in [0.2, 0.25) is 0 Å². The zero-order valence-corrected chi connectivity index (χ0v) is 14.4. The summed E-state index contributed by atoms with van der Waals surface area (Å²) >= 11 is 0. The standard InChI is InChI=1S/C16H24N6O3/c1-20-8-9-22(15-18-6-3-12(17)19-15)11-16(20)4-2-13(23)21(7-5-16)10-14(24)25/h3,6H,2,4-5,7-11H2,1H3,(H,24,25)(H2,17,18,19)/t16-/m0/s1. The maximum absolute atomic E-state index is 12.3. The van der Waals surface area contributed by atoms with E-state index in [9.17, 15) is 9.59 Å². The summed E-state index contributed by atoms with van der Waals surface area (Å²) in [6, 6.07) is 1.66. The molecule has 0 aliphatic carbocycles. The number of likely N-dealkylation sites (tertiary alicyclic amines) is 1. The van der Waals surface area contributed by atoms with E-state index in [-0.39, 0.29) is 18.0 Å². The molecule has 9 nitrogen and oxygen atoms in total. The molecule has 2 saturated heterocycles. The number of anilines is 2. The van der Waals surface area contributed by atoms with Gasteiger partial charge >= 0.3 is 5.97 Å². The van der Waals surface area contributed by atoms with Crippen LogP contribution in [0.25, 0.3) is 0 Å². The van der Waals surface area contributed by atoms with E-state index in [2.05, 4.69) is 26.8 Å². The largest absolute Gasteiger partial charge is 0.480 e. The Labute approximate surface area is 146 Å². The van der Waals surface area contributed by atoms with Crippen molar-refractivity contribution in [1.82, 2.24) is 19.8 Å². The molecule has 136 valence electrons. The second-order valence-corrected chi connectivity index (χ2v) is 6.81. The van der Waals surface area contributed by atoms with Gasteiger partial charge < -0.3 is 20.6 Å².